The third-order valence-corrected chi connectivity index (χ3v) is 4.02. The number of hydrogen-bond acceptors (Lipinski definition) is 3. The van der Waals surface area contributed by atoms with Gasteiger partial charge in [0.2, 0.25) is 0 Å². The van der Waals surface area contributed by atoms with Crippen molar-refractivity contribution in [3.05, 3.63) is 60.7 Å². The molecule has 0 saturated heterocycles. The highest BCUT2D eigenvalue weighted by atomic mass is 32.1. The van der Waals surface area contributed by atoms with E-state index in [1.54, 1.807) is 5.01 Å². The van der Waals surface area contributed by atoms with Gasteiger partial charge in [-0.1, -0.05) is 56.2 Å². The van der Waals surface area contributed by atoms with Crippen molar-refractivity contribution in [3.63, 3.8) is 0 Å². The van der Waals surface area contributed by atoms with Crippen LogP contribution >= 0.6 is 12.2 Å². The molecule has 2 aromatic carbocycles. The van der Waals surface area contributed by atoms with E-state index in [1.807, 2.05) is 48.5 Å². The summed E-state index contributed by atoms with van der Waals surface area (Å²) in [5.74, 6) is 5.74. The molecule has 0 aliphatic carbocycles. The number of nitrogens with zero attached hydrogens (tertiary/aromatic N) is 2. The van der Waals surface area contributed by atoms with Crippen LogP contribution in [0.3, 0.4) is 0 Å². The van der Waals surface area contributed by atoms with Crippen molar-refractivity contribution in [2.45, 2.75) is 26.2 Å². The predicted molar refractivity (Wildman–Crippen MR) is 102 cm³/mol. The zero-order valence-electron chi connectivity index (χ0n) is 13.5. The number of hydrogen-bond donors (Lipinski definition) is 2. The Morgan fingerprint density at radius 2 is 1.52 bits per heavy atom. The van der Waals surface area contributed by atoms with Gasteiger partial charge in [0.05, 0.1) is 5.69 Å². The highest BCUT2D eigenvalue weighted by molar-refractivity contribution is 7.80. The Hall–Kier alpha value is -1.95. The zero-order valence-corrected chi connectivity index (χ0v) is 14.3. The van der Waals surface area contributed by atoms with E-state index in [0.717, 1.165) is 24.3 Å². The summed E-state index contributed by atoms with van der Waals surface area (Å²) in [6.45, 7) is 3.06. The van der Waals surface area contributed by atoms with Gasteiger partial charge in [0, 0.05) is 12.2 Å². The van der Waals surface area contributed by atoms with Gasteiger partial charge in [0.25, 0.3) is 0 Å². The first kappa shape index (κ1) is 17.4. The van der Waals surface area contributed by atoms with Crippen LogP contribution in [-0.2, 0) is 0 Å². The second-order valence-electron chi connectivity index (χ2n) is 5.28. The first-order chi connectivity index (χ1) is 11.3. The summed E-state index contributed by atoms with van der Waals surface area (Å²) in [5, 5.41) is 2.37. The lowest BCUT2D eigenvalue weighted by molar-refractivity contribution is 0.711. The Kier molecular flexibility index (Phi) is 7.00. The topological polar surface area (TPSA) is 44.5 Å². The Balaban J connectivity index is 2.24. The van der Waals surface area contributed by atoms with Crippen LogP contribution < -0.4 is 21.3 Å². The number of hydrazine groups is 2. The van der Waals surface area contributed by atoms with E-state index in [4.69, 9.17) is 18.1 Å². The van der Waals surface area contributed by atoms with Gasteiger partial charge in [-0.05, 0) is 42.9 Å². The van der Waals surface area contributed by atoms with E-state index in [9.17, 15) is 0 Å². The molecule has 2 aromatic rings. The molecule has 0 bridgehead atoms. The SMILES string of the molecule is CCCCCN(C(=S)N(NN)c1ccccc1)c1ccccc1. The fourth-order valence-electron chi connectivity index (χ4n) is 2.40. The number of nitrogens with two attached hydrogens (primary N) is 1. The largest absolute Gasteiger partial charge is 0.317 e. The molecule has 23 heavy (non-hydrogen) atoms. The van der Waals surface area contributed by atoms with E-state index < -0.39 is 0 Å². The first-order valence-electron chi connectivity index (χ1n) is 7.96. The minimum absolute atomic E-state index is 0.640. The molecule has 2 rings (SSSR count). The normalized spacial score (nSPS) is 10.3. The van der Waals surface area contributed by atoms with Crippen LogP contribution in [0.1, 0.15) is 26.2 Å². The van der Waals surface area contributed by atoms with Gasteiger partial charge in [-0.15, -0.1) is 0 Å². The van der Waals surface area contributed by atoms with Gasteiger partial charge in [-0.25, -0.2) is 5.01 Å². The molecule has 0 amide bonds. The zero-order chi connectivity index (χ0) is 16.5. The van der Waals surface area contributed by atoms with Crippen molar-refractivity contribution in [2.75, 3.05) is 16.5 Å². The van der Waals surface area contributed by atoms with Crippen LogP contribution in [0.15, 0.2) is 60.7 Å². The molecular formula is C18H24N4S. The van der Waals surface area contributed by atoms with E-state index in [2.05, 4.69) is 29.5 Å². The smallest absolute Gasteiger partial charge is 0.196 e. The molecule has 0 unspecified atom stereocenters. The van der Waals surface area contributed by atoms with Crippen LogP contribution in [0.4, 0.5) is 11.4 Å². The summed E-state index contributed by atoms with van der Waals surface area (Å²) in [6, 6.07) is 20.0. The number of anilines is 2. The highest BCUT2D eigenvalue weighted by Gasteiger charge is 2.19. The maximum absolute atomic E-state index is 5.74. The number of rotatable bonds is 7. The van der Waals surface area contributed by atoms with E-state index in [0.29, 0.717) is 5.11 Å². The number of unbranched alkanes of at least 4 members (excludes halogenated alkanes) is 2. The Bertz CT molecular complexity index is 588. The van der Waals surface area contributed by atoms with E-state index in [-0.39, 0.29) is 0 Å². The summed E-state index contributed by atoms with van der Waals surface area (Å²) < 4.78 is 0. The van der Waals surface area contributed by atoms with Gasteiger partial charge in [-0.3, -0.25) is 5.84 Å². The van der Waals surface area contributed by atoms with Crippen molar-refractivity contribution in [1.29, 1.82) is 0 Å². The maximum atomic E-state index is 5.74. The Labute approximate surface area is 143 Å². The molecular weight excluding hydrogens is 304 g/mol. The molecule has 0 aliphatic heterocycles. The second-order valence-corrected chi connectivity index (χ2v) is 5.64. The third-order valence-electron chi connectivity index (χ3n) is 3.62. The van der Waals surface area contributed by atoms with Crippen LogP contribution in [0, 0.1) is 0 Å². The molecule has 0 saturated carbocycles. The second kappa shape index (κ2) is 9.25. The first-order valence-corrected chi connectivity index (χ1v) is 8.36. The molecule has 0 atom stereocenters. The number of thiocarbonyl (C=S) groups is 1. The van der Waals surface area contributed by atoms with Crippen LogP contribution in [-0.4, -0.2) is 11.7 Å². The fourth-order valence-corrected chi connectivity index (χ4v) is 2.76. The van der Waals surface area contributed by atoms with Gasteiger partial charge < -0.3 is 4.90 Å². The molecule has 4 nitrogen and oxygen atoms in total. The van der Waals surface area contributed by atoms with E-state index >= 15 is 0 Å². The minimum Gasteiger partial charge on any atom is -0.317 e. The summed E-state index contributed by atoms with van der Waals surface area (Å²) in [5.41, 5.74) is 4.70. The summed E-state index contributed by atoms with van der Waals surface area (Å²) in [7, 11) is 0. The van der Waals surface area contributed by atoms with Gasteiger partial charge in [0.1, 0.15) is 0 Å². The molecule has 122 valence electrons. The van der Waals surface area contributed by atoms with Crippen molar-refractivity contribution >= 4 is 28.7 Å². The molecule has 0 radical (unpaired) electrons. The number of benzene rings is 2. The third kappa shape index (κ3) is 4.76. The van der Waals surface area contributed by atoms with Crippen molar-refractivity contribution in [1.82, 2.24) is 5.53 Å². The summed E-state index contributed by atoms with van der Waals surface area (Å²) in [4.78, 5) is 2.12. The van der Waals surface area contributed by atoms with Crippen LogP contribution in [0.2, 0.25) is 0 Å². The quantitative estimate of drug-likeness (QED) is 0.350. The fraction of sp³-hybridized carbons (Fsp3) is 0.278. The van der Waals surface area contributed by atoms with Crippen LogP contribution in [0.25, 0.3) is 0 Å². The van der Waals surface area contributed by atoms with Crippen molar-refractivity contribution in [2.24, 2.45) is 5.84 Å². The molecule has 0 aromatic heterocycles. The summed E-state index contributed by atoms with van der Waals surface area (Å²) in [6.07, 6.45) is 3.43. The minimum atomic E-state index is 0.640. The van der Waals surface area contributed by atoms with E-state index in [1.165, 1.54) is 12.8 Å². The lowest BCUT2D eigenvalue weighted by Gasteiger charge is -2.32. The Morgan fingerprint density at radius 3 is 2.04 bits per heavy atom. The van der Waals surface area contributed by atoms with Crippen molar-refractivity contribution < 1.29 is 0 Å². The van der Waals surface area contributed by atoms with Crippen molar-refractivity contribution in [3.8, 4) is 0 Å². The predicted octanol–water partition coefficient (Wildman–Crippen LogP) is 3.85. The van der Waals surface area contributed by atoms with Gasteiger partial charge >= 0.3 is 0 Å². The molecule has 0 spiro atoms. The average molecular weight is 328 g/mol. The maximum Gasteiger partial charge on any atom is 0.196 e. The highest BCUT2D eigenvalue weighted by Crippen LogP contribution is 2.20. The monoisotopic (exact) mass is 328 g/mol. The lowest BCUT2D eigenvalue weighted by Crippen LogP contribution is -2.53. The van der Waals surface area contributed by atoms with Gasteiger partial charge in [-0.2, -0.15) is 5.53 Å². The Morgan fingerprint density at radius 1 is 0.957 bits per heavy atom. The number of para-hydroxylation sites is 2. The molecule has 0 aliphatic rings. The standard InChI is InChI=1S/C18H24N4S/c1-2-3-10-15-21(16-11-6-4-7-12-16)18(23)22(20-19)17-13-8-5-9-14-17/h4-9,11-14,20H,2-3,10,15,19H2,1H3. The molecule has 0 heterocycles. The van der Waals surface area contributed by atoms with Gasteiger partial charge in [0.15, 0.2) is 5.11 Å². The molecule has 0 fully saturated rings. The number of nitrogens with one attached hydrogen (secondary N) is 1. The summed E-state index contributed by atoms with van der Waals surface area (Å²) >= 11 is 5.72. The van der Waals surface area contributed by atoms with Crippen LogP contribution in [0.5, 0.6) is 0 Å². The molecule has 5 heteroatoms. The lowest BCUT2D eigenvalue weighted by atomic mass is 10.2. The molecule has 3 N–H and O–H groups in total. The average Bonchev–Trinajstić information content (AvgIpc) is 2.61.